The summed E-state index contributed by atoms with van der Waals surface area (Å²) in [7, 11) is 0. The number of carbonyl (C=O) groups is 1. The van der Waals surface area contributed by atoms with Gasteiger partial charge in [0.1, 0.15) is 5.69 Å². The van der Waals surface area contributed by atoms with Crippen molar-refractivity contribution in [3.05, 3.63) is 58.9 Å². The first kappa shape index (κ1) is 17.3. The summed E-state index contributed by atoms with van der Waals surface area (Å²) in [6.45, 7) is 3.53. The van der Waals surface area contributed by atoms with Gasteiger partial charge >= 0.3 is 0 Å². The molecule has 2 aromatic rings. The quantitative estimate of drug-likeness (QED) is 0.710. The molecule has 4 nitrogen and oxygen atoms in total. The molecule has 0 unspecified atom stereocenters. The second-order valence-corrected chi connectivity index (χ2v) is 5.81. The van der Waals surface area contributed by atoms with Gasteiger partial charge in [-0.3, -0.25) is 9.78 Å². The number of nitrogens with one attached hydrogen (secondary N) is 2. The summed E-state index contributed by atoms with van der Waals surface area (Å²) in [6, 6.07) is 11.1. The summed E-state index contributed by atoms with van der Waals surface area (Å²) in [5.41, 5.74) is 2.34. The fraction of sp³-hybridized carbons (Fsp3) is 0.333. The highest BCUT2D eigenvalue weighted by Gasteiger charge is 2.07. The van der Waals surface area contributed by atoms with Crippen molar-refractivity contribution in [2.75, 3.05) is 11.9 Å². The van der Waals surface area contributed by atoms with Gasteiger partial charge in [-0.05, 0) is 36.2 Å². The number of nitrogens with zero attached hydrogens (tertiary/aromatic N) is 1. The first-order chi connectivity index (χ1) is 11.2. The summed E-state index contributed by atoms with van der Waals surface area (Å²) in [5.74, 6) is -0.183. The van der Waals surface area contributed by atoms with E-state index in [0.29, 0.717) is 17.3 Å². The van der Waals surface area contributed by atoms with E-state index in [1.807, 2.05) is 30.3 Å². The number of aromatic nitrogens is 1. The van der Waals surface area contributed by atoms with Crippen molar-refractivity contribution in [3.63, 3.8) is 0 Å². The maximum atomic E-state index is 12.2. The van der Waals surface area contributed by atoms with Crippen LogP contribution in [0.5, 0.6) is 0 Å². The Balaban J connectivity index is 1.87. The fourth-order valence-corrected chi connectivity index (χ4v) is 2.27. The molecule has 0 spiro atoms. The van der Waals surface area contributed by atoms with Gasteiger partial charge in [-0.25, -0.2) is 0 Å². The molecule has 1 amide bonds. The maximum absolute atomic E-state index is 12.2. The van der Waals surface area contributed by atoms with E-state index in [0.717, 1.165) is 24.2 Å². The number of carbonyl (C=O) groups excluding carboxylic acids is 1. The van der Waals surface area contributed by atoms with E-state index in [1.165, 1.54) is 12.8 Å². The Kier molecular flexibility index (Phi) is 6.88. The SMILES string of the molecule is CCCCCNc1ccnc(C(=O)NCc2ccc(Cl)cc2)c1. The van der Waals surface area contributed by atoms with E-state index >= 15 is 0 Å². The van der Waals surface area contributed by atoms with Gasteiger partial charge in [-0.15, -0.1) is 0 Å². The molecule has 2 N–H and O–H groups in total. The van der Waals surface area contributed by atoms with Crippen molar-refractivity contribution in [1.29, 1.82) is 0 Å². The Hall–Kier alpha value is -2.07. The van der Waals surface area contributed by atoms with Gasteiger partial charge in [0, 0.05) is 30.0 Å². The molecule has 0 radical (unpaired) electrons. The Labute approximate surface area is 142 Å². The maximum Gasteiger partial charge on any atom is 0.270 e. The Morgan fingerprint density at radius 1 is 1.17 bits per heavy atom. The molecular weight excluding hydrogens is 310 g/mol. The third-order valence-electron chi connectivity index (χ3n) is 3.47. The van der Waals surface area contributed by atoms with Gasteiger partial charge in [-0.2, -0.15) is 0 Å². The monoisotopic (exact) mass is 331 g/mol. The number of halogens is 1. The lowest BCUT2D eigenvalue weighted by Gasteiger charge is -2.08. The predicted octanol–water partition coefficient (Wildman–Crippen LogP) is 4.27. The van der Waals surface area contributed by atoms with Crippen molar-refractivity contribution in [2.45, 2.75) is 32.7 Å². The minimum absolute atomic E-state index is 0.183. The summed E-state index contributed by atoms with van der Waals surface area (Å²) in [5, 5.41) is 6.87. The zero-order valence-electron chi connectivity index (χ0n) is 13.3. The van der Waals surface area contributed by atoms with Crippen molar-refractivity contribution in [3.8, 4) is 0 Å². The van der Waals surface area contributed by atoms with Gasteiger partial charge in [0.2, 0.25) is 0 Å². The number of hydrogen-bond donors (Lipinski definition) is 2. The molecule has 1 aromatic heterocycles. The van der Waals surface area contributed by atoms with Gasteiger partial charge in [0.05, 0.1) is 0 Å². The van der Waals surface area contributed by atoms with Crippen LogP contribution in [0.4, 0.5) is 5.69 Å². The van der Waals surface area contributed by atoms with Crippen LogP contribution < -0.4 is 10.6 Å². The number of anilines is 1. The van der Waals surface area contributed by atoms with Crippen LogP contribution in [-0.4, -0.2) is 17.4 Å². The van der Waals surface area contributed by atoms with Crippen molar-refractivity contribution in [1.82, 2.24) is 10.3 Å². The second-order valence-electron chi connectivity index (χ2n) is 5.37. The van der Waals surface area contributed by atoms with Gasteiger partial charge in [0.15, 0.2) is 0 Å². The molecule has 0 aliphatic heterocycles. The molecule has 0 fully saturated rings. The highest BCUT2D eigenvalue weighted by molar-refractivity contribution is 6.30. The van der Waals surface area contributed by atoms with Gasteiger partial charge in [0.25, 0.3) is 5.91 Å². The van der Waals surface area contributed by atoms with E-state index in [1.54, 1.807) is 12.3 Å². The zero-order valence-corrected chi connectivity index (χ0v) is 14.1. The number of unbranched alkanes of at least 4 members (excludes halogenated alkanes) is 2. The molecular formula is C18H22ClN3O. The van der Waals surface area contributed by atoms with E-state index in [2.05, 4.69) is 22.5 Å². The first-order valence-electron chi connectivity index (χ1n) is 7.91. The first-order valence-corrected chi connectivity index (χ1v) is 8.29. The fourth-order valence-electron chi connectivity index (χ4n) is 2.15. The van der Waals surface area contributed by atoms with Crippen molar-refractivity contribution >= 4 is 23.2 Å². The average molecular weight is 332 g/mol. The number of amides is 1. The number of pyridine rings is 1. The normalized spacial score (nSPS) is 10.3. The van der Waals surface area contributed by atoms with E-state index in [4.69, 9.17) is 11.6 Å². The highest BCUT2D eigenvalue weighted by atomic mass is 35.5. The minimum Gasteiger partial charge on any atom is -0.385 e. The largest absolute Gasteiger partial charge is 0.385 e. The van der Waals surface area contributed by atoms with Crippen LogP contribution >= 0.6 is 11.6 Å². The third-order valence-corrected chi connectivity index (χ3v) is 3.72. The highest BCUT2D eigenvalue weighted by Crippen LogP contribution is 2.11. The Morgan fingerprint density at radius 2 is 1.96 bits per heavy atom. The van der Waals surface area contributed by atoms with E-state index in [9.17, 15) is 4.79 Å². The van der Waals surface area contributed by atoms with Gasteiger partial charge in [-0.1, -0.05) is 43.5 Å². The summed E-state index contributed by atoms with van der Waals surface area (Å²) in [6.07, 6.45) is 5.17. The molecule has 0 atom stereocenters. The summed E-state index contributed by atoms with van der Waals surface area (Å²) < 4.78 is 0. The molecule has 1 aromatic carbocycles. The average Bonchev–Trinajstić information content (AvgIpc) is 2.58. The molecule has 0 aliphatic rings. The zero-order chi connectivity index (χ0) is 16.5. The second kappa shape index (κ2) is 9.16. The minimum atomic E-state index is -0.183. The smallest absolute Gasteiger partial charge is 0.270 e. The Morgan fingerprint density at radius 3 is 2.70 bits per heavy atom. The molecule has 0 saturated carbocycles. The van der Waals surface area contributed by atoms with Crippen LogP contribution in [0.25, 0.3) is 0 Å². The molecule has 122 valence electrons. The molecule has 1 heterocycles. The molecule has 23 heavy (non-hydrogen) atoms. The van der Waals surface area contributed by atoms with Crippen molar-refractivity contribution < 1.29 is 4.79 Å². The predicted molar refractivity (Wildman–Crippen MR) is 94.9 cm³/mol. The van der Waals surface area contributed by atoms with Crippen LogP contribution in [0, 0.1) is 0 Å². The van der Waals surface area contributed by atoms with Gasteiger partial charge < -0.3 is 10.6 Å². The number of hydrogen-bond acceptors (Lipinski definition) is 3. The van der Waals surface area contributed by atoms with Crippen LogP contribution in [0.15, 0.2) is 42.6 Å². The molecule has 5 heteroatoms. The summed E-state index contributed by atoms with van der Waals surface area (Å²) >= 11 is 5.84. The lowest BCUT2D eigenvalue weighted by atomic mass is 10.2. The number of rotatable bonds is 8. The molecule has 0 saturated heterocycles. The van der Waals surface area contributed by atoms with E-state index in [-0.39, 0.29) is 5.91 Å². The third kappa shape index (κ3) is 5.91. The summed E-state index contributed by atoms with van der Waals surface area (Å²) in [4.78, 5) is 16.3. The topological polar surface area (TPSA) is 54.0 Å². The molecule has 2 rings (SSSR count). The Bertz CT molecular complexity index is 628. The van der Waals surface area contributed by atoms with E-state index < -0.39 is 0 Å². The van der Waals surface area contributed by atoms with Crippen molar-refractivity contribution in [2.24, 2.45) is 0 Å². The lowest BCUT2D eigenvalue weighted by molar-refractivity contribution is 0.0946. The standard InChI is InChI=1S/C18H22ClN3O/c1-2-3-4-10-20-16-9-11-21-17(12-16)18(23)22-13-14-5-7-15(19)8-6-14/h5-9,11-12H,2-4,10,13H2,1H3,(H,20,21)(H,22,23). The van der Waals surface area contributed by atoms with Crippen LogP contribution in [-0.2, 0) is 6.54 Å². The van der Waals surface area contributed by atoms with Crippen LogP contribution in [0.1, 0.15) is 42.2 Å². The molecule has 0 bridgehead atoms. The van der Waals surface area contributed by atoms with Crippen LogP contribution in [0.2, 0.25) is 5.02 Å². The number of benzene rings is 1. The van der Waals surface area contributed by atoms with Crippen LogP contribution in [0.3, 0.4) is 0 Å². The lowest BCUT2D eigenvalue weighted by Crippen LogP contribution is -2.23. The molecule has 0 aliphatic carbocycles.